The molecule has 0 spiro atoms. The van der Waals surface area contributed by atoms with Crippen molar-refractivity contribution in [3.05, 3.63) is 53.9 Å². The van der Waals surface area contributed by atoms with Crippen LogP contribution in [0.15, 0.2) is 36.8 Å². The van der Waals surface area contributed by atoms with Gasteiger partial charge in [-0.15, -0.1) is 0 Å². The Bertz CT molecular complexity index is 507. The third kappa shape index (κ3) is 2.96. The molecule has 4 heteroatoms. The van der Waals surface area contributed by atoms with E-state index in [1.807, 2.05) is 25.5 Å². The van der Waals surface area contributed by atoms with Gasteiger partial charge in [0.05, 0.1) is 12.0 Å². The quantitative estimate of drug-likeness (QED) is 0.880. The standard InChI is InChI=1S/C14H18FN3/c1-3-18-10-16-8-14(18)9-17-11(2)12-5-4-6-13(15)7-12/h4-8,10-11,17H,3,9H2,1-2H3/t11-/m1/s1. The van der Waals surface area contributed by atoms with Crippen molar-refractivity contribution in [3.63, 3.8) is 0 Å². The van der Waals surface area contributed by atoms with Gasteiger partial charge < -0.3 is 9.88 Å². The summed E-state index contributed by atoms with van der Waals surface area (Å²) >= 11 is 0. The summed E-state index contributed by atoms with van der Waals surface area (Å²) in [5.74, 6) is -0.195. The monoisotopic (exact) mass is 247 g/mol. The van der Waals surface area contributed by atoms with Gasteiger partial charge in [-0.1, -0.05) is 12.1 Å². The number of hydrogen-bond donors (Lipinski definition) is 1. The van der Waals surface area contributed by atoms with Gasteiger partial charge in [-0.25, -0.2) is 9.37 Å². The number of nitrogens with zero attached hydrogens (tertiary/aromatic N) is 2. The molecule has 0 fully saturated rings. The second kappa shape index (κ2) is 5.78. The molecule has 2 aromatic rings. The molecule has 0 aliphatic carbocycles. The van der Waals surface area contributed by atoms with Crippen LogP contribution in [0.2, 0.25) is 0 Å². The molecule has 0 aliphatic heterocycles. The van der Waals surface area contributed by atoms with E-state index in [2.05, 4.69) is 21.8 Å². The summed E-state index contributed by atoms with van der Waals surface area (Å²) in [4.78, 5) is 4.12. The van der Waals surface area contributed by atoms with Gasteiger partial charge in [-0.05, 0) is 31.5 Å². The highest BCUT2D eigenvalue weighted by Crippen LogP contribution is 2.14. The van der Waals surface area contributed by atoms with Crippen LogP contribution in [0.3, 0.4) is 0 Å². The van der Waals surface area contributed by atoms with E-state index in [1.165, 1.54) is 6.07 Å². The van der Waals surface area contributed by atoms with Crippen LogP contribution in [0.25, 0.3) is 0 Å². The van der Waals surface area contributed by atoms with Crippen LogP contribution < -0.4 is 5.32 Å². The van der Waals surface area contributed by atoms with E-state index in [4.69, 9.17) is 0 Å². The van der Waals surface area contributed by atoms with Gasteiger partial charge >= 0.3 is 0 Å². The number of imidazole rings is 1. The predicted molar refractivity (Wildman–Crippen MR) is 69.6 cm³/mol. The molecule has 0 amide bonds. The molecule has 0 radical (unpaired) electrons. The number of halogens is 1. The van der Waals surface area contributed by atoms with Gasteiger partial charge in [0.15, 0.2) is 0 Å². The Balaban J connectivity index is 1.98. The Kier molecular flexibility index (Phi) is 4.10. The zero-order chi connectivity index (χ0) is 13.0. The minimum absolute atomic E-state index is 0.112. The number of aromatic nitrogens is 2. The Morgan fingerprint density at radius 3 is 3.00 bits per heavy atom. The average Bonchev–Trinajstić information content (AvgIpc) is 2.83. The van der Waals surface area contributed by atoms with E-state index >= 15 is 0 Å². The lowest BCUT2D eigenvalue weighted by molar-refractivity contribution is 0.544. The molecule has 0 saturated heterocycles. The molecule has 1 aromatic heterocycles. The maximum atomic E-state index is 13.1. The lowest BCUT2D eigenvalue weighted by Crippen LogP contribution is -2.20. The number of aryl methyl sites for hydroxylation is 1. The lowest BCUT2D eigenvalue weighted by Gasteiger charge is -2.15. The van der Waals surface area contributed by atoms with Crippen molar-refractivity contribution in [2.45, 2.75) is 33.0 Å². The predicted octanol–water partition coefficient (Wildman–Crippen LogP) is 2.89. The van der Waals surface area contributed by atoms with Crippen LogP contribution in [0.4, 0.5) is 4.39 Å². The summed E-state index contributed by atoms with van der Waals surface area (Å²) in [6.45, 7) is 5.75. The van der Waals surface area contributed by atoms with Gasteiger partial charge in [-0.3, -0.25) is 0 Å². The minimum atomic E-state index is -0.195. The maximum Gasteiger partial charge on any atom is 0.123 e. The summed E-state index contributed by atoms with van der Waals surface area (Å²) < 4.78 is 15.2. The van der Waals surface area contributed by atoms with Crippen molar-refractivity contribution in [2.75, 3.05) is 0 Å². The van der Waals surface area contributed by atoms with E-state index in [0.29, 0.717) is 0 Å². The van der Waals surface area contributed by atoms with Crippen molar-refractivity contribution in [3.8, 4) is 0 Å². The molecular formula is C14H18FN3. The summed E-state index contributed by atoms with van der Waals surface area (Å²) in [7, 11) is 0. The topological polar surface area (TPSA) is 29.9 Å². The molecular weight excluding hydrogens is 229 g/mol. The van der Waals surface area contributed by atoms with E-state index in [-0.39, 0.29) is 11.9 Å². The third-order valence-corrected chi connectivity index (χ3v) is 3.08. The van der Waals surface area contributed by atoms with Crippen molar-refractivity contribution in [2.24, 2.45) is 0 Å². The highest BCUT2D eigenvalue weighted by Gasteiger charge is 2.07. The molecule has 18 heavy (non-hydrogen) atoms. The normalized spacial score (nSPS) is 12.6. The number of benzene rings is 1. The van der Waals surface area contributed by atoms with Crippen LogP contribution in [-0.4, -0.2) is 9.55 Å². The van der Waals surface area contributed by atoms with Crippen LogP contribution in [0.1, 0.15) is 31.1 Å². The molecule has 1 atom stereocenters. The first kappa shape index (κ1) is 12.8. The Morgan fingerprint density at radius 2 is 2.28 bits per heavy atom. The third-order valence-electron chi connectivity index (χ3n) is 3.08. The van der Waals surface area contributed by atoms with Crippen LogP contribution in [-0.2, 0) is 13.1 Å². The second-order valence-corrected chi connectivity index (χ2v) is 4.33. The SMILES string of the molecule is CCn1cncc1CN[C@H](C)c1cccc(F)c1. The molecule has 1 N–H and O–H groups in total. The van der Waals surface area contributed by atoms with E-state index in [0.717, 1.165) is 24.3 Å². The zero-order valence-corrected chi connectivity index (χ0v) is 10.7. The smallest absolute Gasteiger partial charge is 0.123 e. The van der Waals surface area contributed by atoms with Gasteiger partial charge in [0.1, 0.15) is 5.82 Å². The molecule has 0 saturated carbocycles. The van der Waals surface area contributed by atoms with Crippen molar-refractivity contribution in [1.29, 1.82) is 0 Å². The fraction of sp³-hybridized carbons (Fsp3) is 0.357. The van der Waals surface area contributed by atoms with Crippen molar-refractivity contribution >= 4 is 0 Å². The van der Waals surface area contributed by atoms with Gasteiger partial charge in [0, 0.05) is 25.3 Å². The first-order chi connectivity index (χ1) is 8.70. The minimum Gasteiger partial charge on any atom is -0.334 e. The molecule has 1 aromatic carbocycles. The fourth-order valence-corrected chi connectivity index (χ4v) is 1.93. The highest BCUT2D eigenvalue weighted by molar-refractivity contribution is 5.19. The van der Waals surface area contributed by atoms with Gasteiger partial charge in [0.2, 0.25) is 0 Å². The second-order valence-electron chi connectivity index (χ2n) is 4.33. The number of rotatable bonds is 5. The molecule has 0 unspecified atom stereocenters. The maximum absolute atomic E-state index is 13.1. The Labute approximate surface area is 107 Å². The van der Waals surface area contributed by atoms with Gasteiger partial charge in [0.25, 0.3) is 0 Å². The number of nitrogens with one attached hydrogen (secondary N) is 1. The highest BCUT2D eigenvalue weighted by atomic mass is 19.1. The first-order valence-electron chi connectivity index (χ1n) is 6.18. The van der Waals surface area contributed by atoms with Crippen molar-refractivity contribution in [1.82, 2.24) is 14.9 Å². The zero-order valence-electron chi connectivity index (χ0n) is 10.7. The summed E-state index contributed by atoms with van der Waals surface area (Å²) in [6.07, 6.45) is 3.68. The van der Waals surface area contributed by atoms with Gasteiger partial charge in [-0.2, -0.15) is 0 Å². The van der Waals surface area contributed by atoms with Crippen LogP contribution >= 0.6 is 0 Å². The summed E-state index contributed by atoms with van der Waals surface area (Å²) in [5.41, 5.74) is 2.10. The molecule has 0 aliphatic rings. The van der Waals surface area contributed by atoms with Crippen molar-refractivity contribution < 1.29 is 4.39 Å². The summed E-state index contributed by atoms with van der Waals surface area (Å²) in [6, 6.07) is 6.80. The Morgan fingerprint density at radius 1 is 1.44 bits per heavy atom. The van der Waals surface area contributed by atoms with E-state index < -0.39 is 0 Å². The van der Waals surface area contributed by atoms with Crippen LogP contribution in [0.5, 0.6) is 0 Å². The van der Waals surface area contributed by atoms with E-state index in [9.17, 15) is 4.39 Å². The molecule has 1 heterocycles. The lowest BCUT2D eigenvalue weighted by atomic mass is 10.1. The summed E-state index contributed by atoms with van der Waals surface area (Å²) in [5, 5.41) is 3.38. The molecule has 2 rings (SSSR count). The first-order valence-corrected chi connectivity index (χ1v) is 6.18. The molecule has 3 nitrogen and oxygen atoms in total. The van der Waals surface area contributed by atoms with Crippen LogP contribution in [0, 0.1) is 5.82 Å². The van der Waals surface area contributed by atoms with E-state index in [1.54, 1.807) is 12.1 Å². The Hall–Kier alpha value is -1.68. The fourth-order valence-electron chi connectivity index (χ4n) is 1.93. The molecule has 96 valence electrons. The number of hydrogen-bond acceptors (Lipinski definition) is 2. The largest absolute Gasteiger partial charge is 0.334 e. The molecule has 0 bridgehead atoms. The average molecular weight is 247 g/mol.